The van der Waals surface area contributed by atoms with Gasteiger partial charge in [-0.3, -0.25) is 0 Å². The van der Waals surface area contributed by atoms with Gasteiger partial charge in [0, 0.05) is 17.0 Å². The highest BCUT2D eigenvalue weighted by atomic mass is 35.5. The molecule has 4 aromatic rings. The van der Waals surface area contributed by atoms with Crippen LogP contribution < -0.4 is 9.47 Å². The Balaban J connectivity index is 1.09. The van der Waals surface area contributed by atoms with Gasteiger partial charge in [0.2, 0.25) is 0 Å². The van der Waals surface area contributed by atoms with E-state index in [0.29, 0.717) is 55.0 Å². The number of carboxylic acids is 1. The number of fused-ring (bicyclic) bond motifs is 2. The Labute approximate surface area is 267 Å². The van der Waals surface area contributed by atoms with Crippen molar-refractivity contribution in [3.8, 4) is 22.2 Å². The predicted octanol–water partition coefficient (Wildman–Crippen LogP) is 7.14. The lowest BCUT2D eigenvalue weighted by molar-refractivity contribution is -0.0971. The van der Waals surface area contributed by atoms with E-state index >= 15 is 0 Å². The van der Waals surface area contributed by atoms with Crippen LogP contribution in [0.25, 0.3) is 21.5 Å². The summed E-state index contributed by atoms with van der Waals surface area (Å²) in [6.07, 6.45) is 0.650. The number of nitrogens with zero attached hydrogens (tertiary/aromatic N) is 2. The van der Waals surface area contributed by atoms with Gasteiger partial charge in [-0.05, 0) is 57.9 Å². The predicted molar refractivity (Wildman–Crippen MR) is 163 cm³/mol. The van der Waals surface area contributed by atoms with Crippen molar-refractivity contribution in [2.24, 2.45) is 0 Å². The quantitative estimate of drug-likeness (QED) is 0.188. The molecule has 0 radical (unpaired) electrons. The molecule has 1 N–H and O–H groups in total. The second-order valence-electron chi connectivity index (χ2n) is 11.7. The van der Waals surface area contributed by atoms with Gasteiger partial charge in [0.05, 0.1) is 46.2 Å². The monoisotopic (exact) mass is 660 g/mol. The number of rotatable bonds is 10. The number of halogens is 2. The number of hydrogen-bond donors (Lipinski definition) is 1. The van der Waals surface area contributed by atoms with Crippen LogP contribution in [0.4, 0.5) is 0 Å². The van der Waals surface area contributed by atoms with E-state index in [-0.39, 0.29) is 24.9 Å². The largest absolute Gasteiger partial charge is 0.489 e. The molecule has 44 heavy (non-hydrogen) atoms. The minimum Gasteiger partial charge on any atom is -0.489 e. The molecule has 232 valence electrons. The van der Waals surface area contributed by atoms with Gasteiger partial charge in [-0.15, -0.1) is 0 Å². The van der Waals surface area contributed by atoms with Crippen molar-refractivity contribution in [1.82, 2.24) is 10.1 Å². The van der Waals surface area contributed by atoms with Crippen LogP contribution in [0.2, 0.25) is 10.0 Å². The van der Waals surface area contributed by atoms with Crippen molar-refractivity contribution in [3.05, 3.63) is 57.3 Å². The molecule has 13 heteroatoms. The molecule has 10 nitrogen and oxygen atoms in total. The molecule has 4 heterocycles. The Morgan fingerprint density at radius 2 is 1.98 bits per heavy atom. The van der Waals surface area contributed by atoms with E-state index in [4.69, 9.17) is 51.4 Å². The van der Waals surface area contributed by atoms with Gasteiger partial charge in [0.15, 0.2) is 6.10 Å². The maximum Gasteiger partial charge on any atom is 0.335 e. The summed E-state index contributed by atoms with van der Waals surface area (Å²) in [4.78, 5) is 16.3. The fourth-order valence-corrected chi connectivity index (χ4v) is 7.37. The molecule has 2 aromatic heterocycles. The van der Waals surface area contributed by atoms with E-state index in [1.54, 1.807) is 24.3 Å². The summed E-state index contributed by atoms with van der Waals surface area (Å²) in [6.45, 7) is 6.51. The number of hydrogen-bond acceptors (Lipinski definition) is 10. The average molecular weight is 662 g/mol. The van der Waals surface area contributed by atoms with Gasteiger partial charge in [-0.25, -0.2) is 4.79 Å². The second-order valence-corrected chi connectivity index (χ2v) is 13.5. The first-order chi connectivity index (χ1) is 21.1. The van der Waals surface area contributed by atoms with Crippen molar-refractivity contribution in [2.75, 3.05) is 13.2 Å². The fraction of sp³-hybridized carbons (Fsp3) is 0.452. The van der Waals surface area contributed by atoms with Gasteiger partial charge < -0.3 is 33.3 Å². The number of thiazole rings is 1. The Morgan fingerprint density at radius 1 is 1.20 bits per heavy atom. The highest BCUT2D eigenvalue weighted by Gasteiger charge is 2.59. The first kappa shape index (κ1) is 29.8. The SMILES string of the molecule is CC(C)Oc1cc(C(=O)O)cc2sc(O[C@H]3CO[C@]4(C)[C@@H](OCc5c(-c6c(Cl)cccc6Cl)noc5C5CC5)CO[C@H]34)nc12. The van der Waals surface area contributed by atoms with E-state index < -0.39 is 29.9 Å². The van der Waals surface area contributed by atoms with Gasteiger partial charge in [0.25, 0.3) is 5.19 Å². The lowest BCUT2D eigenvalue weighted by Crippen LogP contribution is -2.46. The van der Waals surface area contributed by atoms with Crippen LogP contribution in [0.5, 0.6) is 10.9 Å². The maximum atomic E-state index is 11.7. The summed E-state index contributed by atoms with van der Waals surface area (Å²) >= 11 is 14.3. The third-order valence-corrected chi connectivity index (χ3v) is 9.75. The van der Waals surface area contributed by atoms with Gasteiger partial charge in [0.1, 0.15) is 40.5 Å². The topological polar surface area (TPSA) is 122 Å². The van der Waals surface area contributed by atoms with E-state index in [1.807, 2.05) is 20.8 Å². The summed E-state index contributed by atoms with van der Waals surface area (Å²) in [5.41, 5.74) is 1.93. The molecule has 0 unspecified atom stereocenters. The molecule has 2 aromatic carbocycles. The molecule has 2 aliphatic heterocycles. The first-order valence-corrected chi connectivity index (χ1v) is 16.0. The van der Waals surface area contributed by atoms with E-state index in [1.165, 1.54) is 17.4 Å². The third-order valence-electron chi connectivity index (χ3n) is 8.22. The maximum absolute atomic E-state index is 11.7. The highest BCUT2D eigenvalue weighted by Crippen LogP contribution is 2.47. The normalized spacial score (nSPS) is 24.7. The Bertz CT molecular complexity index is 1720. The molecule has 1 aliphatic carbocycles. The van der Waals surface area contributed by atoms with Crippen molar-refractivity contribution in [1.29, 1.82) is 0 Å². The number of carbonyl (C=O) groups is 1. The smallest absolute Gasteiger partial charge is 0.335 e. The van der Waals surface area contributed by atoms with E-state index in [9.17, 15) is 9.90 Å². The molecule has 0 bridgehead atoms. The Morgan fingerprint density at radius 3 is 2.68 bits per heavy atom. The van der Waals surface area contributed by atoms with Crippen molar-refractivity contribution < 1.29 is 38.1 Å². The van der Waals surface area contributed by atoms with Crippen molar-refractivity contribution in [2.45, 2.75) is 76.2 Å². The molecule has 3 fully saturated rings. The molecule has 4 atom stereocenters. The zero-order valence-electron chi connectivity index (χ0n) is 24.2. The summed E-state index contributed by atoms with van der Waals surface area (Å²) < 4.78 is 37.6. The Kier molecular flexibility index (Phi) is 7.75. The molecule has 0 spiro atoms. The number of benzene rings is 2. The summed E-state index contributed by atoms with van der Waals surface area (Å²) in [6, 6.07) is 8.40. The highest BCUT2D eigenvalue weighted by molar-refractivity contribution is 7.20. The number of ether oxygens (including phenoxy) is 5. The van der Waals surface area contributed by atoms with Crippen molar-refractivity contribution in [3.63, 3.8) is 0 Å². The molecule has 2 saturated heterocycles. The minimum absolute atomic E-state index is 0.122. The van der Waals surface area contributed by atoms with Gasteiger partial charge in [-0.2, -0.15) is 4.98 Å². The van der Waals surface area contributed by atoms with Crippen LogP contribution in [-0.4, -0.2) is 64.4 Å². The van der Waals surface area contributed by atoms with Gasteiger partial charge >= 0.3 is 5.97 Å². The molecule has 3 aliphatic rings. The standard InChI is InChI=1S/C31H30Cl2N2O8S/c1-14(2)41-20-9-16(29(36)37)10-22-26(20)34-30(44-22)42-21-12-40-31(3)23(13-39-28(21)31)38-11-17-25(35-43-27(17)15-7-8-15)24-18(32)5-4-6-19(24)33/h4-6,9-10,14-15,21,23,28H,7-8,11-13H2,1-3H3,(H,36,37)/t21-,23-,28+,31+/m0/s1. The average Bonchev–Trinajstić information content (AvgIpc) is 3.29. The molecule has 0 amide bonds. The molecule has 7 rings (SSSR count). The second kappa shape index (κ2) is 11.5. The lowest BCUT2D eigenvalue weighted by atomic mass is 9.94. The Hall–Kier alpha value is -2.93. The van der Waals surface area contributed by atoms with Crippen LogP contribution >= 0.6 is 34.5 Å². The molecule has 1 saturated carbocycles. The summed E-state index contributed by atoms with van der Waals surface area (Å²) in [7, 11) is 0. The number of aromatic carboxylic acids is 1. The number of carboxylic acid groups (broad SMARTS) is 1. The lowest BCUT2D eigenvalue weighted by Gasteiger charge is -2.28. The minimum atomic E-state index is -1.04. The van der Waals surface area contributed by atoms with Crippen molar-refractivity contribution >= 4 is 50.7 Å². The summed E-state index contributed by atoms with van der Waals surface area (Å²) in [5.74, 6) is 0.453. The zero-order valence-corrected chi connectivity index (χ0v) is 26.5. The zero-order chi connectivity index (χ0) is 30.7. The van der Waals surface area contributed by atoms with E-state index in [0.717, 1.165) is 24.2 Å². The van der Waals surface area contributed by atoms with Crippen LogP contribution in [0.3, 0.4) is 0 Å². The van der Waals surface area contributed by atoms with Crippen LogP contribution in [0, 0.1) is 0 Å². The van der Waals surface area contributed by atoms with Crippen LogP contribution in [-0.2, 0) is 20.8 Å². The molecular formula is C31H30Cl2N2O8S. The number of aromatic nitrogens is 2. The van der Waals surface area contributed by atoms with Crippen LogP contribution in [0.15, 0.2) is 34.9 Å². The molecular weight excluding hydrogens is 631 g/mol. The van der Waals surface area contributed by atoms with Gasteiger partial charge in [-0.1, -0.05) is 45.8 Å². The fourth-order valence-electron chi connectivity index (χ4n) is 5.87. The summed E-state index contributed by atoms with van der Waals surface area (Å²) in [5, 5.41) is 15.3. The third kappa shape index (κ3) is 5.33. The first-order valence-electron chi connectivity index (χ1n) is 14.4. The van der Waals surface area contributed by atoms with Crippen LogP contribution in [0.1, 0.15) is 61.2 Å². The van der Waals surface area contributed by atoms with E-state index in [2.05, 4.69) is 10.1 Å².